The first-order valence-electron chi connectivity index (χ1n) is 4.06. The molecule has 0 unspecified atom stereocenters. The standard InChI is InChI=1S/C8H12BrN3O2/c1-8(2,3)12(7(13)14)5-4-10-11-6(5)9/h4H,1-3H3,(H,10,11)(H,13,14). The van der Waals surface area contributed by atoms with Crippen LogP contribution in [0.15, 0.2) is 10.8 Å². The zero-order chi connectivity index (χ0) is 10.9. The SMILES string of the molecule is CC(C)(C)N(C(=O)O)c1c[nH]nc1Br. The summed E-state index contributed by atoms with van der Waals surface area (Å²) in [5.41, 5.74) is 0.0168. The molecule has 0 spiro atoms. The van der Waals surface area contributed by atoms with E-state index < -0.39 is 11.6 Å². The Labute approximate surface area is 90.2 Å². The Kier molecular flexibility index (Phi) is 2.84. The number of nitrogens with one attached hydrogen (secondary N) is 1. The molecular weight excluding hydrogens is 250 g/mol. The van der Waals surface area contributed by atoms with Crippen LogP contribution in [0.3, 0.4) is 0 Å². The Hall–Kier alpha value is -1.04. The quantitative estimate of drug-likeness (QED) is 0.816. The summed E-state index contributed by atoms with van der Waals surface area (Å²) in [5.74, 6) is 0. The molecule has 1 aromatic heterocycles. The zero-order valence-electron chi connectivity index (χ0n) is 8.21. The van der Waals surface area contributed by atoms with Gasteiger partial charge in [-0.25, -0.2) is 4.79 Å². The highest BCUT2D eigenvalue weighted by Gasteiger charge is 2.30. The predicted molar refractivity (Wildman–Crippen MR) is 56.5 cm³/mol. The molecule has 6 heteroatoms. The highest BCUT2D eigenvalue weighted by atomic mass is 79.9. The Morgan fingerprint density at radius 3 is 2.50 bits per heavy atom. The molecular formula is C8H12BrN3O2. The third-order valence-electron chi connectivity index (χ3n) is 1.68. The van der Waals surface area contributed by atoms with Crippen molar-refractivity contribution in [1.82, 2.24) is 10.2 Å². The molecule has 1 heterocycles. The summed E-state index contributed by atoms with van der Waals surface area (Å²) in [5, 5.41) is 15.5. The van der Waals surface area contributed by atoms with E-state index in [4.69, 9.17) is 5.11 Å². The number of hydrogen-bond acceptors (Lipinski definition) is 2. The molecule has 1 aromatic rings. The number of H-pyrrole nitrogens is 1. The first kappa shape index (κ1) is 11.0. The lowest BCUT2D eigenvalue weighted by Crippen LogP contribution is -2.45. The average molecular weight is 262 g/mol. The van der Waals surface area contributed by atoms with Gasteiger partial charge in [-0.05, 0) is 36.7 Å². The van der Waals surface area contributed by atoms with Crippen LogP contribution in [0.2, 0.25) is 0 Å². The highest BCUT2D eigenvalue weighted by molar-refractivity contribution is 9.10. The number of nitrogens with zero attached hydrogens (tertiary/aromatic N) is 2. The largest absolute Gasteiger partial charge is 0.465 e. The summed E-state index contributed by atoms with van der Waals surface area (Å²) in [4.78, 5) is 12.3. The van der Waals surface area contributed by atoms with Crippen molar-refractivity contribution >= 4 is 27.7 Å². The number of anilines is 1. The molecule has 14 heavy (non-hydrogen) atoms. The Balaban J connectivity index is 3.14. The molecule has 0 atom stereocenters. The van der Waals surface area contributed by atoms with Crippen LogP contribution < -0.4 is 4.90 Å². The predicted octanol–water partition coefficient (Wildman–Crippen LogP) is 2.46. The van der Waals surface area contributed by atoms with Gasteiger partial charge in [-0.3, -0.25) is 10.00 Å². The maximum atomic E-state index is 11.1. The van der Waals surface area contributed by atoms with Gasteiger partial charge < -0.3 is 5.11 Å². The van der Waals surface area contributed by atoms with E-state index in [1.165, 1.54) is 4.90 Å². The Morgan fingerprint density at radius 1 is 1.64 bits per heavy atom. The fraction of sp³-hybridized carbons (Fsp3) is 0.500. The van der Waals surface area contributed by atoms with Gasteiger partial charge in [0.05, 0.1) is 5.69 Å². The average Bonchev–Trinajstić information content (AvgIpc) is 2.32. The van der Waals surface area contributed by atoms with E-state index in [0.29, 0.717) is 10.3 Å². The van der Waals surface area contributed by atoms with Gasteiger partial charge in [-0.1, -0.05) is 0 Å². The molecule has 0 aromatic carbocycles. The van der Waals surface area contributed by atoms with Gasteiger partial charge in [0.25, 0.3) is 0 Å². The van der Waals surface area contributed by atoms with Crippen LogP contribution in [0.4, 0.5) is 10.5 Å². The Bertz CT molecular complexity index is 343. The molecule has 0 fully saturated rings. The number of carbonyl (C=O) groups is 1. The van der Waals surface area contributed by atoms with Crippen molar-refractivity contribution in [3.05, 3.63) is 10.8 Å². The molecule has 0 radical (unpaired) electrons. The van der Waals surface area contributed by atoms with Crippen molar-refractivity contribution in [3.63, 3.8) is 0 Å². The minimum absolute atomic E-state index is 0.495. The fourth-order valence-electron chi connectivity index (χ4n) is 1.18. The highest BCUT2D eigenvalue weighted by Crippen LogP contribution is 2.29. The van der Waals surface area contributed by atoms with Crippen LogP contribution in [0.1, 0.15) is 20.8 Å². The van der Waals surface area contributed by atoms with Crippen molar-refractivity contribution in [1.29, 1.82) is 0 Å². The van der Waals surface area contributed by atoms with Gasteiger partial charge in [0, 0.05) is 11.7 Å². The molecule has 0 bridgehead atoms. The molecule has 1 rings (SSSR count). The summed E-state index contributed by atoms with van der Waals surface area (Å²) in [7, 11) is 0. The Morgan fingerprint density at radius 2 is 2.21 bits per heavy atom. The monoisotopic (exact) mass is 261 g/mol. The topological polar surface area (TPSA) is 69.2 Å². The third kappa shape index (κ3) is 2.06. The van der Waals surface area contributed by atoms with Crippen molar-refractivity contribution in [3.8, 4) is 0 Å². The van der Waals surface area contributed by atoms with Crippen molar-refractivity contribution in [2.75, 3.05) is 4.90 Å². The lowest BCUT2D eigenvalue weighted by molar-refractivity contribution is 0.195. The smallest absolute Gasteiger partial charge is 0.412 e. The lowest BCUT2D eigenvalue weighted by atomic mass is 10.1. The van der Waals surface area contributed by atoms with Crippen LogP contribution in [0.25, 0.3) is 0 Å². The zero-order valence-corrected chi connectivity index (χ0v) is 9.79. The van der Waals surface area contributed by atoms with Crippen molar-refractivity contribution in [2.45, 2.75) is 26.3 Å². The molecule has 0 saturated heterocycles. The normalized spacial score (nSPS) is 11.4. The third-order valence-corrected chi connectivity index (χ3v) is 2.26. The van der Waals surface area contributed by atoms with Crippen LogP contribution >= 0.6 is 15.9 Å². The molecule has 0 aliphatic rings. The number of halogens is 1. The molecule has 0 aliphatic heterocycles. The van der Waals surface area contributed by atoms with Crippen LogP contribution in [-0.4, -0.2) is 26.9 Å². The van der Waals surface area contributed by atoms with Crippen LogP contribution in [0, 0.1) is 0 Å². The summed E-state index contributed by atoms with van der Waals surface area (Å²) >= 11 is 3.18. The minimum atomic E-state index is -1.00. The van der Waals surface area contributed by atoms with Crippen LogP contribution in [-0.2, 0) is 0 Å². The molecule has 5 nitrogen and oxygen atoms in total. The van der Waals surface area contributed by atoms with Gasteiger partial charge in [-0.15, -0.1) is 0 Å². The first-order valence-corrected chi connectivity index (χ1v) is 4.86. The second kappa shape index (κ2) is 3.61. The van der Waals surface area contributed by atoms with Gasteiger partial charge in [0.1, 0.15) is 0 Å². The number of aromatic amines is 1. The second-order valence-corrected chi connectivity index (χ2v) is 4.60. The molecule has 0 aliphatic carbocycles. The first-order chi connectivity index (χ1) is 6.34. The van der Waals surface area contributed by atoms with E-state index in [1.807, 2.05) is 20.8 Å². The summed E-state index contributed by atoms with van der Waals surface area (Å²) < 4.78 is 0.495. The van der Waals surface area contributed by atoms with Crippen LogP contribution in [0.5, 0.6) is 0 Å². The minimum Gasteiger partial charge on any atom is -0.465 e. The molecule has 78 valence electrons. The van der Waals surface area contributed by atoms with Gasteiger partial charge in [0.15, 0.2) is 4.60 Å². The molecule has 0 saturated carbocycles. The lowest BCUT2D eigenvalue weighted by Gasteiger charge is -2.32. The summed E-state index contributed by atoms with van der Waals surface area (Å²) in [6, 6.07) is 0. The number of hydrogen-bond donors (Lipinski definition) is 2. The molecule has 2 N–H and O–H groups in total. The number of aromatic nitrogens is 2. The van der Waals surface area contributed by atoms with E-state index in [-0.39, 0.29) is 0 Å². The number of rotatable bonds is 1. The number of amides is 1. The van der Waals surface area contributed by atoms with E-state index in [0.717, 1.165) is 0 Å². The fourth-order valence-corrected chi connectivity index (χ4v) is 1.57. The maximum Gasteiger partial charge on any atom is 0.412 e. The van der Waals surface area contributed by atoms with Crippen molar-refractivity contribution < 1.29 is 9.90 Å². The van der Waals surface area contributed by atoms with E-state index in [1.54, 1.807) is 6.20 Å². The van der Waals surface area contributed by atoms with E-state index in [2.05, 4.69) is 26.1 Å². The van der Waals surface area contributed by atoms with E-state index in [9.17, 15) is 4.79 Å². The number of carboxylic acid groups (broad SMARTS) is 1. The maximum absolute atomic E-state index is 11.1. The van der Waals surface area contributed by atoms with Gasteiger partial charge in [-0.2, -0.15) is 5.10 Å². The summed E-state index contributed by atoms with van der Waals surface area (Å²) in [6.45, 7) is 5.46. The second-order valence-electron chi connectivity index (χ2n) is 3.85. The summed E-state index contributed by atoms with van der Waals surface area (Å²) in [6.07, 6.45) is 0.545. The molecule has 1 amide bonds. The van der Waals surface area contributed by atoms with Gasteiger partial charge in [0.2, 0.25) is 0 Å². The van der Waals surface area contributed by atoms with Gasteiger partial charge >= 0.3 is 6.09 Å². The van der Waals surface area contributed by atoms with Crippen molar-refractivity contribution in [2.24, 2.45) is 0 Å². The van der Waals surface area contributed by atoms with E-state index >= 15 is 0 Å².